The first kappa shape index (κ1) is 27.9. The molecule has 0 saturated heterocycles. The molecule has 0 fully saturated rings. The van der Waals surface area contributed by atoms with Gasteiger partial charge in [0.05, 0.1) is 6.61 Å². The second-order valence-corrected chi connectivity index (χ2v) is 9.23. The van der Waals surface area contributed by atoms with E-state index >= 15 is 0 Å². The van der Waals surface area contributed by atoms with Crippen LogP contribution >= 0.6 is 0 Å². The van der Waals surface area contributed by atoms with E-state index in [9.17, 15) is 14.0 Å². The van der Waals surface area contributed by atoms with Crippen molar-refractivity contribution in [2.45, 2.75) is 58.5 Å². The van der Waals surface area contributed by atoms with Gasteiger partial charge in [0.1, 0.15) is 17.6 Å². The molecule has 3 aromatic rings. The molecule has 3 rings (SSSR count). The maximum Gasteiger partial charge on any atom is 0.243 e. The number of halogens is 1. The van der Waals surface area contributed by atoms with Crippen molar-refractivity contribution < 1.29 is 18.7 Å². The first-order valence-corrected chi connectivity index (χ1v) is 13.0. The topological polar surface area (TPSA) is 58.6 Å². The van der Waals surface area contributed by atoms with E-state index in [1.165, 1.54) is 11.0 Å². The molecule has 0 bridgehead atoms. The molecule has 0 saturated carbocycles. The first-order chi connectivity index (χ1) is 18.0. The lowest BCUT2D eigenvalue weighted by atomic mass is 10.0. The van der Waals surface area contributed by atoms with Crippen molar-refractivity contribution in [1.29, 1.82) is 0 Å². The van der Waals surface area contributed by atoms with E-state index in [2.05, 4.69) is 12.2 Å². The van der Waals surface area contributed by atoms with E-state index in [0.29, 0.717) is 31.6 Å². The minimum Gasteiger partial charge on any atom is -0.494 e. The number of rotatable bonds is 14. The van der Waals surface area contributed by atoms with Gasteiger partial charge >= 0.3 is 0 Å². The van der Waals surface area contributed by atoms with E-state index in [1.54, 1.807) is 18.2 Å². The molecule has 1 atom stereocenters. The Hall–Kier alpha value is -3.67. The second-order valence-electron chi connectivity index (χ2n) is 9.23. The Kier molecular flexibility index (Phi) is 11.2. The molecule has 0 heterocycles. The van der Waals surface area contributed by atoms with Crippen LogP contribution in [0.1, 0.15) is 49.3 Å². The number of nitrogens with zero attached hydrogens (tertiary/aromatic N) is 1. The molecule has 0 radical (unpaired) electrons. The summed E-state index contributed by atoms with van der Waals surface area (Å²) in [6.07, 6.45) is 2.81. The monoisotopic (exact) mass is 504 g/mol. The van der Waals surface area contributed by atoms with Crippen molar-refractivity contribution in [3.63, 3.8) is 0 Å². The quantitative estimate of drug-likeness (QED) is 0.280. The largest absolute Gasteiger partial charge is 0.494 e. The summed E-state index contributed by atoms with van der Waals surface area (Å²) in [6, 6.07) is 23.0. The molecule has 0 aliphatic heterocycles. The van der Waals surface area contributed by atoms with E-state index in [0.717, 1.165) is 29.7 Å². The number of nitrogens with one attached hydrogen (secondary N) is 1. The van der Waals surface area contributed by atoms with Gasteiger partial charge in [0, 0.05) is 31.5 Å². The number of carbonyl (C=O) groups is 2. The van der Waals surface area contributed by atoms with Crippen LogP contribution in [-0.2, 0) is 22.6 Å². The smallest absolute Gasteiger partial charge is 0.243 e. The molecular formula is C31H37FN2O3. The lowest BCUT2D eigenvalue weighted by Gasteiger charge is -2.32. The highest BCUT2D eigenvalue weighted by molar-refractivity contribution is 5.88. The zero-order valence-electron chi connectivity index (χ0n) is 21.8. The van der Waals surface area contributed by atoms with Gasteiger partial charge in [-0.3, -0.25) is 9.59 Å². The predicted molar refractivity (Wildman–Crippen MR) is 145 cm³/mol. The number of hydrogen-bond donors (Lipinski definition) is 1. The summed E-state index contributed by atoms with van der Waals surface area (Å²) in [4.78, 5) is 28.4. The van der Waals surface area contributed by atoms with Crippen LogP contribution in [0.5, 0.6) is 5.75 Å². The van der Waals surface area contributed by atoms with Crippen LogP contribution < -0.4 is 10.1 Å². The molecule has 3 aromatic carbocycles. The summed E-state index contributed by atoms with van der Waals surface area (Å²) in [7, 11) is 0. The zero-order valence-corrected chi connectivity index (χ0v) is 21.8. The van der Waals surface area contributed by atoms with Crippen LogP contribution in [0.15, 0.2) is 78.9 Å². The van der Waals surface area contributed by atoms with Crippen LogP contribution in [0.25, 0.3) is 0 Å². The molecule has 6 heteroatoms. The molecule has 5 nitrogen and oxygen atoms in total. The number of ether oxygens (including phenoxy) is 1. The maximum absolute atomic E-state index is 14.6. The normalized spacial score (nSPS) is 11.5. The second kappa shape index (κ2) is 14.8. The van der Waals surface area contributed by atoms with E-state index in [4.69, 9.17) is 4.74 Å². The summed E-state index contributed by atoms with van der Waals surface area (Å²) in [5, 5.41) is 2.98. The van der Waals surface area contributed by atoms with Gasteiger partial charge in [-0.05, 0) is 43.5 Å². The van der Waals surface area contributed by atoms with Crippen molar-refractivity contribution in [3.05, 3.63) is 101 Å². The van der Waals surface area contributed by atoms with E-state index in [1.807, 2.05) is 61.5 Å². The van der Waals surface area contributed by atoms with Crippen LogP contribution in [0.2, 0.25) is 0 Å². The summed E-state index contributed by atoms with van der Waals surface area (Å²) in [5.41, 5.74) is 2.46. The van der Waals surface area contributed by atoms with Crippen LogP contribution in [-0.4, -0.2) is 35.9 Å². The average molecular weight is 505 g/mol. The fourth-order valence-corrected chi connectivity index (χ4v) is 4.06. The van der Waals surface area contributed by atoms with Crippen molar-refractivity contribution in [1.82, 2.24) is 10.2 Å². The highest BCUT2D eigenvalue weighted by atomic mass is 19.1. The Morgan fingerprint density at radius 2 is 1.65 bits per heavy atom. The molecule has 0 spiro atoms. The van der Waals surface area contributed by atoms with Crippen molar-refractivity contribution in [2.75, 3.05) is 13.2 Å². The van der Waals surface area contributed by atoms with Gasteiger partial charge < -0.3 is 15.0 Å². The van der Waals surface area contributed by atoms with Crippen LogP contribution in [0, 0.1) is 12.7 Å². The molecule has 0 aliphatic rings. The van der Waals surface area contributed by atoms with Gasteiger partial charge in [0.15, 0.2) is 0 Å². The number of carbonyl (C=O) groups excluding carboxylic acids is 2. The minimum atomic E-state index is -0.760. The molecule has 1 N–H and O–H groups in total. The number of unbranched alkanes of at least 4 members (excludes halogenated alkanes) is 1. The fraction of sp³-hybridized carbons (Fsp3) is 0.355. The lowest BCUT2D eigenvalue weighted by molar-refractivity contribution is -0.141. The van der Waals surface area contributed by atoms with E-state index < -0.39 is 11.9 Å². The average Bonchev–Trinajstić information content (AvgIpc) is 2.91. The summed E-state index contributed by atoms with van der Waals surface area (Å²) < 4.78 is 20.4. The number of hydrogen-bond acceptors (Lipinski definition) is 3. The maximum atomic E-state index is 14.6. The Labute approximate surface area is 219 Å². The number of amides is 2. The molecule has 0 aliphatic carbocycles. The first-order valence-electron chi connectivity index (χ1n) is 13.0. The number of benzene rings is 3. The SMILES string of the molecule is CCCCNC(=O)[C@H](Cc1ccccc1)N(Cc1ccccc1F)C(=O)CCCOc1ccc(C)cc1. The summed E-state index contributed by atoms with van der Waals surface area (Å²) >= 11 is 0. The fourth-order valence-electron chi connectivity index (χ4n) is 4.06. The van der Waals surface area contributed by atoms with Gasteiger partial charge in [-0.15, -0.1) is 0 Å². The van der Waals surface area contributed by atoms with Crippen LogP contribution in [0.4, 0.5) is 4.39 Å². The van der Waals surface area contributed by atoms with Crippen molar-refractivity contribution in [3.8, 4) is 5.75 Å². The summed E-state index contributed by atoms with van der Waals surface area (Å²) in [5.74, 6) is -0.0772. The third kappa shape index (κ3) is 9.05. The Morgan fingerprint density at radius 3 is 2.35 bits per heavy atom. The van der Waals surface area contributed by atoms with Gasteiger partial charge in [0.25, 0.3) is 0 Å². The van der Waals surface area contributed by atoms with Gasteiger partial charge in [-0.25, -0.2) is 4.39 Å². The van der Waals surface area contributed by atoms with E-state index in [-0.39, 0.29) is 24.8 Å². The summed E-state index contributed by atoms with van der Waals surface area (Å²) in [6.45, 7) is 4.99. The third-order valence-corrected chi connectivity index (χ3v) is 6.22. The van der Waals surface area contributed by atoms with Crippen LogP contribution in [0.3, 0.4) is 0 Å². The zero-order chi connectivity index (χ0) is 26.5. The Bertz CT molecular complexity index is 1120. The highest BCUT2D eigenvalue weighted by Crippen LogP contribution is 2.19. The third-order valence-electron chi connectivity index (χ3n) is 6.22. The van der Waals surface area contributed by atoms with Crippen molar-refractivity contribution >= 4 is 11.8 Å². The molecular weight excluding hydrogens is 467 g/mol. The highest BCUT2D eigenvalue weighted by Gasteiger charge is 2.30. The Balaban J connectivity index is 1.78. The van der Waals surface area contributed by atoms with Gasteiger partial charge in [-0.2, -0.15) is 0 Å². The number of aryl methyl sites for hydroxylation is 1. The Morgan fingerprint density at radius 1 is 0.946 bits per heavy atom. The predicted octanol–water partition coefficient (Wildman–Crippen LogP) is 5.85. The minimum absolute atomic E-state index is 0.0169. The standard InChI is InChI=1S/C31H37FN2O3/c1-3-4-20-33-31(36)29(22-25-11-6-5-7-12-25)34(23-26-13-8-9-14-28(26)32)30(35)15-10-21-37-27-18-16-24(2)17-19-27/h5-9,11-14,16-19,29H,3-4,10,15,20-23H2,1-2H3,(H,33,36)/t29-/m0/s1. The molecule has 0 aromatic heterocycles. The molecule has 2 amide bonds. The lowest BCUT2D eigenvalue weighted by Crippen LogP contribution is -2.50. The molecule has 37 heavy (non-hydrogen) atoms. The van der Waals surface area contributed by atoms with Crippen molar-refractivity contribution in [2.24, 2.45) is 0 Å². The van der Waals surface area contributed by atoms with Gasteiger partial charge in [0.2, 0.25) is 11.8 Å². The molecule has 0 unspecified atom stereocenters. The van der Waals surface area contributed by atoms with Gasteiger partial charge in [-0.1, -0.05) is 79.6 Å². The molecule has 196 valence electrons.